The molecule has 1 aliphatic heterocycles. The van der Waals surface area contributed by atoms with Crippen molar-refractivity contribution in [2.24, 2.45) is 16.2 Å². The first-order valence-corrected chi connectivity index (χ1v) is 24.1. The van der Waals surface area contributed by atoms with Crippen LogP contribution in [0.3, 0.4) is 0 Å². The van der Waals surface area contributed by atoms with Crippen molar-refractivity contribution < 1.29 is 38.5 Å². The Morgan fingerprint density at radius 1 is 0.928 bits per heavy atom. The molecule has 1 aliphatic carbocycles. The summed E-state index contributed by atoms with van der Waals surface area (Å²) in [6, 6.07) is 26.9. The number of carbonyl (C=O) groups is 4. The van der Waals surface area contributed by atoms with Crippen molar-refractivity contribution in [3.05, 3.63) is 129 Å². The third-order valence-electron chi connectivity index (χ3n) is 12.9. The summed E-state index contributed by atoms with van der Waals surface area (Å²) in [6.07, 6.45) is -1.03. The number of β-amino-alcohol motifs (C(OH)–C–C–N with tert-alkyl or cyclic N) is 1. The molecule has 4 aromatic carbocycles. The van der Waals surface area contributed by atoms with E-state index in [1.54, 1.807) is 65.9 Å². The summed E-state index contributed by atoms with van der Waals surface area (Å²) in [7, 11) is 0. The number of likely N-dealkylation sites (tertiary alicyclic amines) is 1. The topological polar surface area (TPSA) is 192 Å². The SMILES string of the molecule is Cc1ncsc1-c1ccc(CNC(=O)[C@@H]2C[C@@H](O)CN2C(=O)C(NC(=O)COCc2ccc(Oc3ccc(C(=O)N[C@H]4C(C)(C)[C@H](Oc5ccc(C#N)c(Cl)c5)C4(C)C)cc3)cc2)C(C)(C)C)cc1. The molecule has 0 bridgehead atoms. The molecule has 1 unspecified atom stereocenters. The van der Waals surface area contributed by atoms with Gasteiger partial charge in [-0.15, -0.1) is 11.3 Å². The Hall–Kier alpha value is -6.31. The molecule has 7 rings (SSSR count). The van der Waals surface area contributed by atoms with E-state index < -0.39 is 46.2 Å². The lowest BCUT2D eigenvalue weighted by atomic mass is 9.49. The summed E-state index contributed by atoms with van der Waals surface area (Å²) in [6.45, 7) is 15.7. The standard InChI is InChI=1S/C53H59ClN6O8S/c1-31-44(69-30-57-31)34-13-9-32(10-14-34)26-56-47(64)42-23-37(61)27-60(42)48(65)45(51(2,3)4)58-43(62)29-66-28-33-11-18-38(19-12-33)67-39-20-15-35(16-21-39)46(63)59-49-52(5,6)50(53(49,7)8)68-40-22-17-36(25-55)41(54)24-40/h9-22,24,30,37,42,45,49-50,61H,23,26-29H2,1-8H3,(H,56,64)(H,58,62)(H,59,63)/t37-,42+,45?,49-,50-/m1/s1. The number of hydrogen-bond acceptors (Lipinski definition) is 11. The van der Waals surface area contributed by atoms with Crippen LogP contribution in [0, 0.1) is 34.5 Å². The number of ether oxygens (including phenoxy) is 3. The van der Waals surface area contributed by atoms with Crippen molar-refractivity contribution >= 4 is 46.6 Å². The monoisotopic (exact) mass is 974 g/mol. The highest BCUT2D eigenvalue weighted by Crippen LogP contribution is 2.55. The Labute approximate surface area is 412 Å². The lowest BCUT2D eigenvalue weighted by molar-refractivity contribution is -0.164. The van der Waals surface area contributed by atoms with Crippen LogP contribution in [0.25, 0.3) is 10.4 Å². The zero-order valence-corrected chi connectivity index (χ0v) is 41.7. The van der Waals surface area contributed by atoms with Crippen molar-refractivity contribution in [1.82, 2.24) is 25.8 Å². The fourth-order valence-electron chi connectivity index (χ4n) is 9.52. The lowest BCUT2D eigenvalue weighted by Gasteiger charge is -2.63. The number of aliphatic hydroxyl groups excluding tert-OH is 1. The van der Waals surface area contributed by atoms with Gasteiger partial charge < -0.3 is 40.2 Å². The van der Waals surface area contributed by atoms with Gasteiger partial charge in [0, 0.05) is 48.0 Å². The smallest absolute Gasteiger partial charge is 0.251 e. The predicted molar refractivity (Wildman–Crippen MR) is 264 cm³/mol. The highest BCUT2D eigenvalue weighted by atomic mass is 35.5. The number of aryl methyl sites for hydroxylation is 1. The lowest BCUT2D eigenvalue weighted by Crippen LogP contribution is -2.74. The first-order chi connectivity index (χ1) is 32.6. The Balaban J connectivity index is 0.859. The number of nitriles is 1. The second-order valence-electron chi connectivity index (χ2n) is 20.0. The molecule has 2 fully saturated rings. The summed E-state index contributed by atoms with van der Waals surface area (Å²) in [5.41, 5.74) is 4.78. The highest BCUT2D eigenvalue weighted by molar-refractivity contribution is 7.13. The minimum absolute atomic E-state index is 0.0309. The summed E-state index contributed by atoms with van der Waals surface area (Å²) < 4.78 is 18.1. The molecule has 2 aliphatic rings. The number of rotatable bonds is 16. The number of nitrogens with zero attached hydrogens (tertiary/aromatic N) is 3. The van der Waals surface area contributed by atoms with Gasteiger partial charge in [0.15, 0.2) is 0 Å². The third-order valence-corrected chi connectivity index (χ3v) is 14.2. The van der Waals surface area contributed by atoms with E-state index in [1.807, 2.05) is 97.3 Å². The second kappa shape index (κ2) is 20.7. The number of amides is 4. The van der Waals surface area contributed by atoms with Crippen LogP contribution < -0.4 is 25.4 Å². The zero-order valence-electron chi connectivity index (χ0n) is 40.1. The minimum Gasteiger partial charge on any atom is -0.489 e. The number of benzene rings is 4. The van der Waals surface area contributed by atoms with Gasteiger partial charge in [-0.05, 0) is 77.6 Å². The van der Waals surface area contributed by atoms with Gasteiger partial charge in [-0.1, -0.05) is 96.5 Å². The first-order valence-electron chi connectivity index (χ1n) is 22.8. The molecule has 1 saturated carbocycles. The number of nitrogens with one attached hydrogen (secondary N) is 3. The average molecular weight is 976 g/mol. The second-order valence-corrected chi connectivity index (χ2v) is 21.3. The Kier molecular flexibility index (Phi) is 15.2. The number of halogens is 1. The van der Waals surface area contributed by atoms with Crippen molar-refractivity contribution in [3.8, 4) is 33.8 Å². The number of aromatic nitrogens is 1. The first kappa shape index (κ1) is 50.6. The molecule has 69 heavy (non-hydrogen) atoms. The van der Waals surface area contributed by atoms with E-state index in [2.05, 4.69) is 27.0 Å². The van der Waals surface area contributed by atoms with E-state index in [-0.39, 0.29) is 56.7 Å². The highest BCUT2D eigenvalue weighted by Gasteiger charge is 2.64. The van der Waals surface area contributed by atoms with E-state index in [0.717, 1.165) is 27.3 Å². The summed E-state index contributed by atoms with van der Waals surface area (Å²) in [5.74, 6) is 0.0992. The number of aliphatic hydroxyl groups is 1. The fourth-order valence-corrected chi connectivity index (χ4v) is 10.5. The van der Waals surface area contributed by atoms with Crippen LogP contribution in [0.4, 0.5) is 0 Å². The van der Waals surface area contributed by atoms with Gasteiger partial charge >= 0.3 is 0 Å². The molecule has 2 heterocycles. The quantitative estimate of drug-likeness (QED) is 0.0747. The van der Waals surface area contributed by atoms with Crippen LogP contribution in [0.5, 0.6) is 17.2 Å². The fraction of sp³-hybridized carbons (Fsp3) is 0.396. The molecule has 5 aromatic rings. The van der Waals surface area contributed by atoms with E-state index in [1.165, 1.54) is 4.90 Å². The zero-order chi connectivity index (χ0) is 49.8. The molecule has 3 atom stereocenters. The normalized spacial score (nSPS) is 19.6. The van der Waals surface area contributed by atoms with Crippen molar-refractivity contribution in [3.63, 3.8) is 0 Å². The average Bonchev–Trinajstić information content (AvgIpc) is 3.93. The summed E-state index contributed by atoms with van der Waals surface area (Å²) in [5, 5.41) is 29.1. The Bertz CT molecular complexity index is 2690. The molecule has 0 spiro atoms. The molecule has 14 nitrogen and oxygen atoms in total. The van der Waals surface area contributed by atoms with E-state index in [0.29, 0.717) is 33.4 Å². The predicted octanol–water partition coefficient (Wildman–Crippen LogP) is 8.37. The van der Waals surface area contributed by atoms with Gasteiger partial charge in [-0.2, -0.15) is 5.26 Å². The molecule has 16 heteroatoms. The van der Waals surface area contributed by atoms with Crippen LogP contribution in [0.15, 0.2) is 96.5 Å². The van der Waals surface area contributed by atoms with Gasteiger partial charge in [-0.25, -0.2) is 4.98 Å². The van der Waals surface area contributed by atoms with Gasteiger partial charge in [0.05, 0.1) is 39.4 Å². The molecule has 362 valence electrons. The molecule has 0 radical (unpaired) electrons. The van der Waals surface area contributed by atoms with Crippen molar-refractivity contribution in [2.75, 3.05) is 13.2 Å². The van der Waals surface area contributed by atoms with Crippen LogP contribution in [0.1, 0.15) is 87.6 Å². The number of hydrogen-bond donors (Lipinski definition) is 4. The Morgan fingerprint density at radius 3 is 2.14 bits per heavy atom. The molecule has 1 aromatic heterocycles. The van der Waals surface area contributed by atoms with Crippen LogP contribution >= 0.6 is 22.9 Å². The van der Waals surface area contributed by atoms with Crippen molar-refractivity contribution in [1.29, 1.82) is 5.26 Å². The molecule has 4 N–H and O–H groups in total. The Morgan fingerprint density at radius 2 is 1.55 bits per heavy atom. The van der Waals surface area contributed by atoms with Gasteiger partial charge in [0.25, 0.3) is 5.91 Å². The minimum atomic E-state index is -0.991. The molecular formula is C53H59ClN6O8S. The third kappa shape index (κ3) is 11.6. The van der Waals surface area contributed by atoms with Crippen LogP contribution in [-0.2, 0) is 32.3 Å². The van der Waals surface area contributed by atoms with Gasteiger partial charge in [-0.3, -0.25) is 19.2 Å². The maximum absolute atomic E-state index is 14.1. The van der Waals surface area contributed by atoms with E-state index in [4.69, 9.17) is 25.8 Å². The number of thiazole rings is 1. The van der Waals surface area contributed by atoms with Gasteiger partial charge in [0.2, 0.25) is 17.7 Å². The van der Waals surface area contributed by atoms with Crippen LogP contribution in [-0.4, -0.2) is 82.1 Å². The van der Waals surface area contributed by atoms with Crippen molar-refractivity contribution in [2.45, 2.75) is 105 Å². The number of carbonyl (C=O) groups excluding carboxylic acids is 4. The maximum atomic E-state index is 14.1. The summed E-state index contributed by atoms with van der Waals surface area (Å²) >= 11 is 7.81. The van der Waals surface area contributed by atoms with E-state index in [9.17, 15) is 29.5 Å². The largest absolute Gasteiger partial charge is 0.489 e. The van der Waals surface area contributed by atoms with E-state index >= 15 is 0 Å². The molecule has 4 amide bonds. The summed E-state index contributed by atoms with van der Waals surface area (Å²) in [4.78, 5) is 60.9. The molecular weight excluding hydrogens is 916 g/mol. The maximum Gasteiger partial charge on any atom is 0.251 e. The van der Waals surface area contributed by atoms with Gasteiger partial charge in [0.1, 0.15) is 48.1 Å². The van der Waals surface area contributed by atoms with Crippen LogP contribution in [0.2, 0.25) is 5.02 Å². The molecule has 1 saturated heterocycles.